The van der Waals surface area contributed by atoms with Gasteiger partial charge in [0.05, 0.1) is 11.5 Å². The smallest absolute Gasteiger partial charge is 0.303 e. The van der Waals surface area contributed by atoms with Crippen LogP contribution in [0.4, 0.5) is 0 Å². The summed E-state index contributed by atoms with van der Waals surface area (Å²) in [6, 6.07) is 0. The summed E-state index contributed by atoms with van der Waals surface area (Å²) in [6.45, 7) is 19.8. The van der Waals surface area contributed by atoms with Crippen LogP contribution in [0.1, 0.15) is 164 Å². The molecule has 0 aromatic carbocycles. The highest BCUT2D eigenvalue weighted by Crippen LogP contribution is 2.77. The molecule has 0 radical (unpaired) electrons. The van der Waals surface area contributed by atoms with Crippen LogP contribution >= 0.6 is 0 Å². The summed E-state index contributed by atoms with van der Waals surface area (Å²) in [5.74, 6) is 1.62. The third-order valence-corrected chi connectivity index (χ3v) is 16.6. The first kappa shape index (κ1) is 39.3. The van der Waals surface area contributed by atoms with Gasteiger partial charge in [0.2, 0.25) is 11.8 Å². The second kappa shape index (κ2) is 15.2. The molecule has 5 saturated carbocycles. The third kappa shape index (κ3) is 6.96. The number of aliphatic hydroxyl groups excluding tert-OH is 1. The molecule has 0 bridgehead atoms. The standard InChI is InChI=1S/C43H72N2O5/c1-29(28-45-30(2)46)31-19-24-43(38(50)44-27-15-13-11-9-8-10-12-14-16-36(48)49)26-25-41(6)32(37(31)43)17-18-34-40(5)22-21-35(47)39(3,4)33(40)20-23-42(34,41)7/h31-35,37,47H,1,8-28H2,2-7H3,(H,44,50)(H,45,46)(H,48,49)/t31-,32+,33-,34+,35-,37+,40-,41+,42+,43-/m0/s1. The number of aliphatic hydroxyl groups is 1. The number of unbranched alkanes of at least 4 members (excludes halogenated alkanes) is 7. The Hall–Kier alpha value is -1.89. The maximum Gasteiger partial charge on any atom is 0.303 e. The van der Waals surface area contributed by atoms with Crippen molar-refractivity contribution >= 4 is 17.8 Å². The van der Waals surface area contributed by atoms with Crippen molar-refractivity contribution in [3.05, 3.63) is 12.2 Å². The van der Waals surface area contributed by atoms with E-state index in [1.165, 1.54) is 25.7 Å². The van der Waals surface area contributed by atoms with E-state index in [4.69, 9.17) is 5.11 Å². The van der Waals surface area contributed by atoms with Crippen molar-refractivity contribution < 1.29 is 24.6 Å². The molecular formula is C43H72N2O5. The molecular weight excluding hydrogens is 624 g/mol. The minimum Gasteiger partial charge on any atom is -0.481 e. The summed E-state index contributed by atoms with van der Waals surface area (Å²) in [6.07, 6.45) is 19.2. The molecule has 50 heavy (non-hydrogen) atoms. The molecule has 7 nitrogen and oxygen atoms in total. The number of carboxylic acid groups (broad SMARTS) is 1. The molecule has 0 unspecified atom stereocenters. The van der Waals surface area contributed by atoms with Gasteiger partial charge in [-0.2, -0.15) is 0 Å². The summed E-state index contributed by atoms with van der Waals surface area (Å²) in [7, 11) is 0. The Kier molecular flexibility index (Phi) is 12.0. The van der Waals surface area contributed by atoms with E-state index < -0.39 is 5.97 Å². The molecule has 7 heteroatoms. The highest BCUT2D eigenvalue weighted by molar-refractivity contribution is 5.84. The summed E-state index contributed by atoms with van der Waals surface area (Å²) in [5.41, 5.74) is 1.20. The average molecular weight is 697 g/mol. The lowest BCUT2D eigenvalue weighted by molar-refractivity contribution is -0.246. The zero-order valence-corrected chi connectivity index (χ0v) is 32.6. The first-order chi connectivity index (χ1) is 23.5. The van der Waals surface area contributed by atoms with E-state index in [0.717, 1.165) is 102 Å². The van der Waals surface area contributed by atoms with E-state index in [9.17, 15) is 19.5 Å². The molecule has 2 amide bonds. The monoisotopic (exact) mass is 697 g/mol. The van der Waals surface area contributed by atoms with Crippen LogP contribution in [0.15, 0.2) is 12.2 Å². The molecule has 5 aliphatic carbocycles. The number of carbonyl (C=O) groups excluding carboxylic acids is 2. The van der Waals surface area contributed by atoms with Crippen LogP contribution < -0.4 is 10.6 Å². The summed E-state index contributed by atoms with van der Waals surface area (Å²) >= 11 is 0. The Morgan fingerprint density at radius 2 is 1.38 bits per heavy atom. The predicted molar refractivity (Wildman–Crippen MR) is 200 cm³/mol. The topological polar surface area (TPSA) is 116 Å². The lowest BCUT2D eigenvalue weighted by Crippen LogP contribution is -2.67. The maximum atomic E-state index is 14.5. The molecule has 0 spiro atoms. The average Bonchev–Trinajstić information content (AvgIpc) is 3.45. The van der Waals surface area contributed by atoms with E-state index in [2.05, 4.69) is 51.8 Å². The van der Waals surface area contributed by atoms with Crippen LogP contribution in [0.3, 0.4) is 0 Å². The molecule has 5 aliphatic rings. The normalized spacial score (nSPS) is 40.1. The van der Waals surface area contributed by atoms with Crippen molar-refractivity contribution in [3.63, 3.8) is 0 Å². The zero-order valence-electron chi connectivity index (χ0n) is 32.6. The minimum atomic E-state index is -0.702. The summed E-state index contributed by atoms with van der Waals surface area (Å²) in [4.78, 5) is 37.2. The molecule has 0 heterocycles. The molecule has 284 valence electrons. The second-order valence-electron chi connectivity index (χ2n) is 19.2. The van der Waals surface area contributed by atoms with E-state index >= 15 is 0 Å². The summed E-state index contributed by atoms with van der Waals surface area (Å²) < 4.78 is 0. The van der Waals surface area contributed by atoms with Crippen LogP contribution in [0.2, 0.25) is 0 Å². The van der Waals surface area contributed by atoms with Gasteiger partial charge in [-0.1, -0.05) is 85.3 Å². The third-order valence-electron chi connectivity index (χ3n) is 16.6. The molecule has 0 aromatic rings. The highest BCUT2D eigenvalue weighted by Gasteiger charge is 2.71. The maximum absolute atomic E-state index is 14.5. The molecule has 5 fully saturated rings. The summed E-state index contributed by atoms with van der Waals surface area (Å²) in [5, 5.41) is 26.4. The van der Waals surface area contributed by atoms with Crippen molar-refractivity contribution in [2.24, 2.45) is 56.7 Å². The van der Waals surface area contributed by atoms with Gasteiger partial charge in [0.15, 0.2) is 0 Å². The van der Waals surface area contributed by atoms with Crippen molar-refractivity contribution in [2.75, 3.05) is 13.1 Å². The number of aliphatic carboxylic acids is 1. The Morgan fingerprint density at radius 3 is 2.04 bits per heavy atom. The van der Waals surface area contributed by atoms with Crippen molar-refractivity contribution in [3.8, 4) is 0 Å². The fraction of sp³-hybridized carbons (Fsp3) is 0.884. The molecule has 0 aromatic heterocycles. The number of carbonyl (C=O) groups is 3. The Bertz CT molecular complexity index is 1260. The Balaban J connectivity index is 1.29. The number of hydrogen-bond donors (Lipinski definition) is 4. The van der Waals surface area contributed by atoms with E-state index in [1.807, 2.05) is 0 Å². The van der Waals surface area contributed by atoms with Gasteiger partial charge in [-0.3, -0.25) is 14.4 Å². The van der Waals surface area contributed by atoms with Crippen molar-refractivity contribution in [2.45, 2.75) is 170 Å². The van der Waals surface area contributed by atoms with Crippen LogP contribution in [0.5, 0.6) is 0 Å². The fourth-order valence-corrected chi connectivity index (χ4v) is 13.6. The number of rotatable bonds is 15. The number of hydrogen-bond acceptors (Lipinski definition) is 4. The van der Waals surface area contributed by atoms with Gasteiger partial charge in [-0.25, -0.2) is 0 Å². The van der Waals surface area contributed by atoms with Gasteiger partial charge in [0.1, 0.15) is 0 Å². The number of fused-ring (bicyclic) bond motifs is 7. The zero-order chi connectivity index (χ0) is 36.5. The van der Waals surface area contributed by atoms with Gasteiger partial charge >= 0.3 is 5.97 Å². The second-order valence-corrected chi connectivity index (χ2v) is 19.2. The largest absolute Gasteiger partial charge is 0.481 e. The fourth-order valence-electron chi connectivity index (χ4n) is 13.6. The number of carboxylic acids is 1. The number of nitrogens with one attached hydrogen (secondary N) is 2. The first-order valence-corrected chi connectivity index (χ1v) is 20.6. The molecule has 0 aliphatic heterocycles. The van der Waals surface area contributed by atoms with Gasteiger partial charge in [0, 0.05) is 26.4 Å². The van der Waals surface area contributed by atoms with Gasteiger partial charge < -0.3 is 20.8 Å². The molecule has 4 N–H and O–H groups in total. The van der Waals surface area contributed by atoms with E-state index in [0.29, 0.717) is 24.3 Å². The van der Waals surface area contributed by atoms with Crippen molar-refractivity contribution in [1.29, 1.82) is 0 Å². The van der Waals surface area contributed by atoms with E-state index in [-0.39, 0.29) is 63.2 Å². The van der Waals surface area contributed by atoms with Gasteiger partial charge in [0.25, 0.3) is 0 Å². The molecule has 5 rings (SSSR count). The van der Waals surface area contributed by atoms with Gasteiger partial charge in [-0.05, 0) is 128 Å². The van der Waals surface area contributed by atoms with Crippen LogP contribution in [0, 0.1) is 56.7 Å². The van der Waals surface area contributed by atoms with E-state index in [1.54, 1.807) is 6.92 Å². The Morgan fingerprint density at radius 1 is 0.720 bits per heavy atom. The minimum absolute atomic E-state index is 0.0293. The molecule has 0 saturated heterocycles. The predicted octanol–water partition coefficient (Wildman–Crippen LogP) is 8.83. The lowest BCUT2D eigenvalue weighted by Gasteiger charge is -2.72. The first-order valence-electron chi connectivity index (χ1n) is 20.6. The van der Waals surface area contributed by atoms with Crippen LogP contribution in [-0.2, 0) is 14.4 Å². The van der Waals surface area contributed by atoms with Crippen molar-refractivity contribution in [1.82, 2.24) is 10.6 Å². The quantitative estimate of drug-likeness (QED) is 0.101. The molecule has 10 atom stereocenters. The van der Waals surface area contributed by atoms with Crippen LogP contribution in [-0.4, -0.2) is 47.2 Å². The van der Waals surface area contributed by atoms with Gasteiger partial charge in [-0.15, -0.1) is 0 Å². The highest BCUT2D eigenvalue weighted by atomic mass is 16.4. The lowest BCUT2D eigenvalue weighted by atomic mass is 9.32. The van der Waals surface area contributed by atoms with Crippen LogP contribution in [0.25, 0.3) is 0 Å². The number of amides is 2. The SMILES string of the molecule is C=C(CNC(C)=O)[C@@H]1CC[C@]2(C(=O)NCCCCCCCCCCC(=O)O)CC[C@]3(C)[C@H](CC[C@@H]4[C@@]5(C)CC[C@H](O)C(C)(C)[C@@H]5CC[C@]43C)[C@@H]12. The Labute approximate surface area is 304 Å².